The summed E-state index contributed by atoms with van der Waals surface area (Å²) in [6.07, 6.45) is -13.5. The second-order valence-corrected chi connectivity index (χ2v) is 10.7. The van der Waals surface area contributed by atoms with Crippen molar-refractivity contribution >= 4 is 11.9 Å². The van der Waals surface area contributed by atoms with E-state index < -0.39 is 86.1 Å². The number of ether oxygens (including phenoxy) is 6. The Balaban J connectivity index is 1.30. The summed E-state index contributed by atoms with van der Waals surface area (Å²) in [5, 5.41) is 71.0. The molecule has 1 aromatic carbocycles. The lowest BCUT2D eigenvalue weighted by atomic mass is 9.90. The molecular weight excluding hydrogens is 576 g/mol. The number of carbonyl (C=O) groups is 2. The zero-order chi connectivity index (χ0) is 30.8. The first-order valence-corrected chi connectivity index (χ1v) is 13.7. The van der Waals surface area contributed by atoms with Crippen LogP contribution in [-0.2, 0) is 33.2 Å². The average molecular weight is 611 g/mol. The standard InChI is InChI=1S/C28H34O15/c29-16-10-40-27(22(33)19(16)30)41-11-17-20(31)21(32)23(34)28(42-17)43-26-18-13(6-7-14(18)15(9-39-26)24(35)36)8-38-25(37)12-4-2-1-3-5-12/h1-5,9,14,16-17,19-23,26-34H,6-8,10-11H2,(H,35,36)/t14-,16-,17+,19-,20+,21+,22+,23+,26-,27-,28-/m0/s1. The van der Waals surface area contributed by atoms with Gasteiger partial charge in [-0.1, -0.05) is 18.2 Å². The van der Waals surface area contributed by atoms with Crippen LogP contribution in [0.25, 0.3) is 0 Å². The molecule has 0 unspecified atom stereocenters. The van der Waals surface area contributed by atoms with Gasteiger partial charge < -0.3 is 64.2 Å². The van der Waals surface area contributed by atoms with Gasteiger partial charge in [0.2, 0.25) is 6.29 Å². The Bertz CT molecular complexity index is 1220. The number of hydrogen-bond acceptors (Lipinski definition) is 14. The number of rotatable bonds is 9. The Morgan fingerprint density at radius 3 is 2.35 bits per heavy atom. The largest absolute Gasteiger partial charge is 0.478 e. The molecule has 1 aliphatic carbocycles. The van der Waals surface area contributed by atoms with E-state index in [1.807, 2.05) is 0 Å². The number of hydrogen-bond donors (Lipinski definition) is 7. The molecule has 15 nitrogen and oxygen atoms in total. The summed E-state index contributed by atoms with van der Waals surface area (Å²) in [5.41, 5.74) is 1.22. The minimum absolute atomic E-state index is 0.0376. The Kier molecular flexibility index (Phi) is 9.77. The van der Waals surface area contributed by atoms with E-state index in [-0.39, 0.29) is 18.8 Å². The average Bonchev–Trinajstić information content (AvgIpc) is 3.44. The molecule has 3 heterocycles. The Labute approximate surface area is 245 Å². The van der Waals surface area contributed by atoms with E-state index >= 15 is 0 Å². The van der Waals surface area contributed by atoms with Crippen molar-refractivity contribution in [2.75, 3.05) is 19.8 Å². The van der Waals surface area contributed by atoms with Gasteiger partial charge in [-0.15, -0.1) is 0 Å². The number of aliphatic hydroxyl groups excluding tert-OH is 6. The third-order valence-electron chi connectivity index (χ3n) is 7.91. The van der Waals surface area contributed by atoms with Gasteiger partial charge in [0, 0.05) is 11.5 Å². The summed E-state index contributed by atoms with van der Waals surface area (Å²) in [4.78, 5) is 24.4. The molecule has 5 rings (SSSR count). The van der Waals surface area contributed by atoms with Crippen molar-refractivity contribution in [1.29, 1.82) is 0 Å². The maximum absolute atomic E-state index is 12.5. The van der Waals surface area contributed by atoms with Gasteiger partial charge in [0.15, 0.2) is 12.6 Å². The lowest BCUT2D eigenvalue weighted by molar-refractivity contribution is -0.339. The summed E-state index contributed by atoms with van der Waals surface area (Å²) in [7, 11) is 0. The van der Waals surface area contributed by atoms with Crippen LogP contribution in [-0.4, -0.2) is 129 Å². The summed E-state index contributed by atoms with van der Waals surface area (Å²) >= 11 is 0. The highest BCUT2D eigenvalue weighted by atomic mass is 16.8. The molecule has 4 aliphatic rings. The molecule has 0 radical (unpaired) electrons. The van der Waals surface area contributed by atoms with Gasteiger partial charge in [-0.05, 0) is 30.5 Å². The number of carboxylic acid groups (broad SMARTS) is 1. The molecule has 0 saturated carbocycles. The lowest BCUT2D eigenvalue weighted by Gasteiger charge is -2.42. The fourth-order valence-electron chi connectivity index (χ4n) is 5.48. The first kappa shape index (κ1) is 31.5. The van der Waals surface area contributed by atoms with Gasteiger partial charge in [0.25, 0.3) is 0 Å². The van der Waals surface area contributed by atoms with E-state index in [0.717, 1.165) is 6.26 Å². The van der Waals surface area contributed by atoms with Crippen LogP contribution in [0.4, 0.5) is 0 Å². The zero-order valence-electron chi connectivity index (χ0n) is 22.7. The third kappa shape index (κ3) is 6.61. The molecule has 2 fully saturated rings. The molecule has 1 aromatic rings. The number of carboxylic acids is 1. The van der Waals surface area contributed by atoms with Crippen LogP contribution in [0.3, 0.4) is 0 Å². The molecule has 0 spiro atoms. The summed E-state index contributed by atoms with van der Waals surface area (Å²) < 4.78 is 33.2. The quantitative estimate of drug-likeness (QED) is 0.120. The van der Waals surface area contributed by atoms with Crippen LogP contribution < -0.4 is 0 Å². The molecule has 15 heteroatoms. The molecule has 0 bridgehead atoms. The van der Waals surface area contributed by atoms with Crippen LogP contribution >= 0.6 is 0 Å². The first-order valence-electron chi connectivity index (χ1n) is 13.7. The van der Waals surface area contributed by atoms with Crippen LogP contribution in [0, 0.1) is 5.92 Å². The summed E-state index contributed by atoms with van der Waals surface area (Å²) in [5.74, 6) is -2.44. The minimum Gasteiger partial charge on any atom is -0.478 e. The highest BCUT2D eigenvalue weighted by Gasteiger charge is 2.49. The van der Waals surface area contributed by atoms with E-state index in [2.05, 4.69) is 0 Å². The highest BCUT2D eigenvalue weighted by molar-refractivity contribution is 5.89. The lowest BCUT2D eigenvalue weighted by Crippen LogP contribution is -2.61. The maximum Gasteiger partial charge on any atom is 0.338 e. The molecule has 236 valence electrons. The van der Waals surface area contributed by atoms with E-state index in [4.69, 9.17) is 28.4 Å². The Hall–Kier alpha value is -2.96. The molecule has 0 amide bonds. The number of benzene rings is 1. The predicted molar refractivity (Wildman–Crippen MR) is 139 cm³/mol. The van der Waals surface area contributed by atoms with E-state index in [9.17, 15) is 45.3 Å². The SMILES string of the molecule is O=C(O)C1=CO[C@@H](O[C@@H]2O[C@H](CO[C@@H]3OC[C@H](O)[C@H](O)[C@H]3O)[C@@H](O)[C@@H](O)[C@H]2O)C2=C(COC(=O)c3ccccc3)CC[C@@H]12. The van der Waals surface area contributed by atoms with Crippen molar-refractivity contribution in [3.05, 3.63) is 58.9 Å². The van der Waals surface area contributed by atoms with Crippen molar-refractivity contribution in [1.82, 2.24) is 0 Å². The van der Waals surface area contributed by atoms with Crippen LogP contribution in [0.5, 0.6) is 0 Å². The maximum atomic E-state index is 12.5. The Morgan fingerprint density at radius 2 is 1.63 bits per heavy atom. The summed E-state index contributed by atoms with van der Waals surface area (Å²) in [6, 6.07) is 8.30. The number of aliphatic hydroxyl groups is 6. The highest BCUT2D eigenvalue weighted by Crippen LogP contribution is 2.44. The number of fused-ring (bicyclic) bond motifs is 1. The van der Waals surface area contributed by atoms with E-state index in [0.29, 0.717) is 29.6 Å². The second-order valence-electron chi connectivity index (χ2n) is 10.7. The molecule has 11 atom stereocenters. The minimum atomic E-state index is -1.77. The molecule has 2 saturated heterocycles. The second kappa shape index (κ2) is 13.4. The smallest absolute Gasteiger partial charge is 0.338 e. The van der Waals surface area contributed by atoms with Crippen molar-refractivity contribution in [3.63, 3.8) is 0 Å². The predicted octanol–water partition coefficient (Wildman–Crippen LogP) is -1.85. The topological polar surface area (TPSA) is 231 Å². The van der Waals surface area contributed by atoms with Crippen LogP contribution in [0.1, 0.15) is 23.2 Å². The Morgan fingerprint density at radius 1 is 0.907 bits per heavy atom. The molecule has 0 aromatic heterocycles. The van der Waals surface area contributed by atoms with E-state index in [1.165, 1.54) is 0 Å². The van der Waals surface area contributed by atoms with Crippen molar-refractivity contribution < 1.29 is 73.8 Å². The van der Waals surface area contributed by atoms with Gasteiger partial charge in [0.05, 0.1) is 30.6 Å². The number of esters is 1. The molecule has 3 aliphatic heterocycles. The zero-order valence-corrected chi connectivity index (χ0v) is 22.7. The third-order valence-corrected chi connectivity index (χ3v) is 7.91. The molecule has 43 heavy (non-hydrogen) atoms. The van der Waals surface area contributed by atoms with Crippen molar-refractivity contribution in [2.24, 2.45) is 5.92 Å². The van der Waals surface area contributed by atoms with Gasteiger partial charge >= 0.3 is 11.9 Å². The van der Waals surface area contributed by atoms with Crippen LogP contribution in [0.15, 0.2) is 53.3 Å². The molecule has 7 N–H and O–H groups in total. The fraction of sp³-hybridized carbons (Fsp3) is 0.571. The van der Waals surface area contributed by atoms with Crippen molar-refractivity contribution in [3.8, 4) is 0 Å². The fourth-order valence-corrected chi connectivity index (χ4v) is 5.48. The van der Waals surface area contributed by atoms with Gasteiger partial charge in [-0.25, -0.2) is 9.59 Å². The van der Waals surface area contributed by atoms with Gasteiger partial charge in [-0.3, -0.25) is 0 Å². The normalized spacial score (nSPS) is 37.7. The monoisotopic (exact) mass is 610 g/mol. The van der Waals surface area contributed by atoms with Crippen molar-refractivity contribution in [2.45, 2.75) is 74.4 Å². The summed E-state index contributed by atoms with van der Waals surface area (Å²) in [6.45, 7) is -0.990. The van der Waals surface area contributed by atoms with Crippen LogP contribution in [0.2, 0.25) is 0 Å². The van der Waals surface area contributed by atoms with Gasteiger partial charge in [0.1, 0.15) is 49.3 Å². The first-order chi connectivity index (χ1) is 20.6. The number of aliphatic carboxylic acids is 1. The van der Waals surface area contributed by atoms with Gasteiger partial charge in [-0.2, -0.15) is 0 Å². The molecular formula is C28H34O15. The number of carbonyl (C=O) groups excluding carboxylic acids is 1. The van der Waals surface area contributed by atoms with E-state index in [1.54, 1.807) is 30.3 Å².